The Kier molecular flexibility index (Phi) is 5.14. The summed E-state index contributed by atoms with van der Waals surface area (Å²) in [6.45, 7) is 1.95. The van der Waals surface area contributed by atoms with Gasteiger partial charge in [0.1, 0.15) is 0 Å². The van der Waals surface area contributed by atoms with Gasteiger partial charge in [-0.2, -0.15) is 0 Å². The molecule has 21 heavy (non-hydrogen) atoms. The molecule has 0 saturated carbocycles. The molecule has 2 rings (SSSR count). The Morgan fingerprint density at radius 3 is 2.52 bits per heavy atom. The van der Waals surface area contributed by atoms with Gasteiger partial charge in [-0.3, -0.25) is 0 Å². The summed E-state index contributed by atoms with van der Waals surface area (Å²) in [7, 11) is 0. The molecule has 1 atom stereocenters. The van der Waals surface area contributed by atoms with Crippen LogP contribution < -0.4 is 5.32 Å². The molecule has 3 nitrogen and oxygen atoms in total. The Hall–Kier alpha value is -1.23. The zero-order valence-electron chi connectivity index (χ0n) is 11.0. The van der Waals surface area contributed by atoms with Crippen LogP contribution in [0.1, 0.15) is 28.9 Å². The molecule has 2 aromatic rings. The third-order valence-corrected chi connectivity index (χ3v) is 4.16. The lowest BCUT2D eigenvalue weighted by molar-refractivity contribution is 0.0697. The number of hydrogen-bond acceptors (Lipinski definition) is 2. The van der Waals surface area contributed by atoms with E-state index in [1.807, 2.05) is 25.1 Å². The van der Waals surface area contributed by atoms with Crippen LogP contribution in [-0.2, 0) is 0 Å². The van der Waals surface area contributed by atoms with Crippen molar-refractivity contribution in [2.24, 2.45) is 0 Å². The molecule has 0 aliphatic rings. The molecule has 0 aliphatic carbocycles. The van der Waals surface area contributed by atoms with Gasteiger partial charge in [-0.15, -0.1) is 0 Å². The molecule has 0 saturated heterocycles. The molecule has 0 amide bonds. The smallest absolute Gasteiger partial charge is 0.337 e. The first kappa shape index (κ1) is 16.1. The molecule has 0 radical (unpaired) electrons. The fourth-order valence-corrected chi connectivity index (χ4v) is 2.99. The van der Waals surface area contributed by atoms with Crippen molar-refractivity contribution in [1.29, 1.82) is 0 Å². The van der Waals surface area contributed by atoms with E-state index in [0.717, 1.165) is 10.0 Å². The van der Waals surface area contributed by atoms with E-state index in [1.54, 1.807) is 12.1 Å². The van der Waals surface area contributed by atoms with Gasteiger partial charge < -0.3 is 10.4 Å². The van der Waals surface area contributed by atoms with Crippen molar-refractivity contribution in [2.45, 2.75) is 13.0 Å². The van der Waals surface area contributed by atoms with Crippen LogP contribution in [0, 0.1) is 0 Å². The summed E-state index contributed by atoms with van der Waals surface area (Å²) < 4.78 is 0.906. The van der Waals surface area contributed by atoms with Gasteiger partial charge in [0, 0.05) is 21.2 Å². The third-order valence-electron chi connectivity index (χ3n) is 3.01. The maximum atomic E-state index is 11.1. The number of nitrogens with one attached hydrogen (secondary N) is 1. The summed E-state index contributed by atoms with van der Waals surface area (Å²) in [6, 6.07) is 10.4. The highest BCUT2D eigenvalue weighted by atomic mass is 79.9. The summed E-state index contributed by atoms with van der Waals surface area (Å²) in [5.41, 5.74) is 1.66. The van der Waals surface area contributed by atoms with Crippen LogP contribution in [0.4, 0.5) is 5.69 Å². The number of benzene rings is 2. The number of carbonyl (C=O) groups is 1. The van der Waals surface area contributed by atoms with Crippen LogP contribution in [0.25, 0.3) is 0 Å². The lowest BCUT2D eigenvalue weighted by Crippen LogP contribution is -2.08. The van der Waals surface area contributed by atoms with Crippen molar-refractivity contribution in [3.8, 4) is 0 Å². The maximum absolute atomic E-state index is 11.1. The highest BCUT2D eigenvalue weighted by Crippen LogP contribution is 2.29. The largest absolute Gasteiger partial charge is 0.478 e. The van der Waals surface area contributed by atoms with Gasteiger partial charge >= 0.3 is 5.97 Å². The SMILES string of the molecule is CC(Nc1ccc(Cl)c(C(=O)O)c1)c1ccc(Br)cc1Cl. The minimum Gasteiger partial charge on any atom is -0.478 e. The molecule has 2 N–H and O–H groups in total. The molecule has 0 fully saturated rings. The number of hydrogen-bond donors (Lipinski definition) is 2. The van der Waals surface area contributed by atoms with Crippen LogP contribution in [0.15, 0.2) is 40.9 Å². The van der Waals surface area contributed by atoms with E-state index in [1.165, 1.54) is 6.07 Å². The summed E-state index contributed by atoms with van der Waals surface area (Å²) in [4.78, 5) is 11.1. The first-order chi connectivity index (χ1) is 9.88. The lowest BCUT2D eigenvalue weighted by Gasteiger charge is -2.18. The molecule has 0 spiro atoms. The Bertz CT molecular complexity index is 691. The fourth-order valence-electron chi connectivity index (χ4n) is 1.96. The predicted octanol–water partition coefficient (Wildman–Crippen LogP) is 5.63. The van der Waals surface area contributed by atoms with E-state index in [9.17, 15) is 4.79 Å². The molecule has 2 aromatic carbocycles. The Labute approximate surface area is 141 Å². The van der Waals surface area contributed by atoms with E-state index in [2.05, 4.69) is 21.2 Å². The number of aromatic carboxylic acids is 1. The van der Waals surface area contributed by atoms with Gasteiger partial charge in [0.15, 0.2) is 0 Å². The van der Waals surface area contributed by atoms with E-state index in [0.29, 0.717) is 10.7 Å². The van der Waals surface area contributed by atoms with Crippen molar-refractivity contribution in [1.82, 2.24) is 0 Å². The Balaban J connectivity index is 2.25. The number of anilines is 1. The van der Waals surface area contributed by atoms with Crippen molar-refractivity contribution in [3.63, 3.8) is 0 Å². The van der Waals surface area contributed by atoms with Crippen LogP contribution in [-0.4, -0.2) is 11.1 Å². The van der Waals surface area contributed by atoms with Crippen LogP contribution >= 0.6 is 39.1 Å². The van der Waals surface area contributed by atoms with E-state index < -0.39 is 5.97 Å². The standard InChI is InChI=1S/C15H12BrCl2NO2/c1-8(11-4-2-9(16)6-14(11)18)19-10-3-5-13(17)12(7-10)15(20)21/h2-8,19H,1H3,(H,20,21). The second-order valence-electron chi connectivity index (χ2n) is 4.53. The van der Waals surface area contributed by atoms with E-state index in [-0.39, 0.29) is 16.6 Å². The number of carboxylic acids is 1. The van der Waals surface area contributed by atoms with Gasteiger partial charge in [0.25, 0.3) is 0 Å². The predicted molar refractivity (Wildman–Crippen MR) is 89.6 cm³/mol. The van der Waals surface area contributed by atoms with Crippen molar-refractivity contribution in [2.75, 3.05) is 5.32 Å². The van der Waals surface area contributed by atoms with Gasteiger partial charge in [0.2, 0.25) is 0 Å². The van der Waals surface area contributed by atoms with Crippen molar-refractivity contribution in [3.05, 3.63) is 62.0 Å². The highest BCUT2D eigenvalue weighted by molar-refractivity contribution is 9.10. The summed E-state index contributed by atoms with van der Waals surface area (Å²) >= 11 is 15.4. The lowest BCUT2D eigenvalue weighted by atomic mass is 10.1. The average Bonchev–Trinajstić information content (AvgIpc) is 2.40. The Morgan fingerprint density at radius 2 is 1.90 bits per heavy atom. The van der Waals surface area contributed by atoms with Gasteiger partial charge in [0.05, 0.1) is 10.6 Å². The molecular formula is C15H12BrCl2NO2. The van der Waals surface area contributed by atoms with Gasteiger partial charge in [-0.1, -0.05) is 45.2 Å². The highest BCUT2D eigenvalue weighted by Gasteiger charge is 2.13. The summed E-state index contributed by atoms with van der Waals surface area (Å²) in [5.74, 6) is -1.06. The minimum atomic E-state index is -1.06. The molecule has 110 valence electrons. The molecule has 0 aromatic heterocycles. The third kappa shape index (κ3) is 3.90. The fraction of sp³-hybridized carbons (Fsp3) is 0.133. The molecule has 0 bridgehead atoms. The number of carboxylic acid groups (broad SMARTS) is 1. The van der Waals surface area contributed by atoms with Crippen LogP contribution in [0.3, 0.4) is 0 Å². The van der Waals surface area contributed by atoms with Crippen molar-refractivity contribution < 1.29 is 9.90 Å². The number of halogens is 3. The first-order valence-corrected chi connectivity index (χ1v) is 7.67. The average molecular weight is 389 g/mol. The molecule has 0 aliphatic heterocycles. The molecule has 0 heterocycles. The van der Waals surface area contributed by atoms with E-state index in [4.69, 9.17) is 28.3 Å². The second kappa shape index (κ2) is 6.69. The molecular weight excluding hydrogens is 377 g/mol. The van der Waals surface area contributed by atoms with Crippen molar-refractivity contribution >= 4 is 50.8 Å². The number of rotatable bonds is 4. The topological polar surface area (TPSA) is 49.3 Å². The second-order valence-corrected chi connectivity index (χ2v) is 6.26. The first-order valence-electron chi connectivity index (χ1n) is 6.13. The van der Waals surface area contributed by atoms with Crippen LogP contribution in [0.2, 0.25) is 10.0 Å². The normalized spacial score (nSPS) is 12.0. The van der Waals surface area contributed by atoms with Gasteiger partial charge in [-0.05, 0) is 42.8 Å². The Morgan fingerprint density at radius 1 is 1.19 bits per heavy atom. The maximum Gasteiger partial charge on any atom is 0.337 e. The minimum absolute atomic E-state index is 0.0655. The zero-order valence-corrected chi connectivity index (χ0v) is 14.1. The molecule has 1 unspecified atom stereocenters. The summed E-state index contributed by atoms with van der Waals surface area (Å²) in [6.07, 6.45) is 0. The zero-order chi connectivity index (χ0) is 15.6. The quantitative estimate of drug-likeness (QED) is 0.713. The van der Waals surface area contributed by atoms with E-state index >= 15 is 0 Å². The summed E-state index contributed by atoms with van der Waals surface area (Å²) in [5, 5.41) is 13.1. The monoisotopic (exact) mass is 387 g/mol. The molecule has 6 heteroatoms. The van der Waals surface area contributed by atoms with Crippen LogP contribution in [0.5, 0.6) is 0 Å². The van der Waals surface area contributed by atoms with Gasteiger partial charge in [-0.25, -0.2) is 4.79 Å².